The summed E-state index contributed by atoms with van der Waals surface area (Å²) in [6.45, 7) is 5.72. The molecule has 0 aromatic heterocycles. The molecule has 1 N–H and O–H groups in total. The molecule has 0 bridgehead atoms. The molecule has 0 aromatic rings. The predicted molar refractivity (Wildman–Crippen MR) is 67.1 cm³/mol. The molecule has 1 atom stereocenters. The summed E-state index contributed by atoms with van der Waals surface area (Å²) in [6.07, 6.45) is 5.65. The monoisotopic (exact) mass is 223 g/mol. The van der Waals surface area contributed by atoms with E-state index in [0.29, 0.717) is 12.5 Å². The summed E-state index contributed by atoms with van der Waals surface area (Å²) in [5.74, 6) is 0.892. The molecule has 16 heavy (non-hydrogen) atoms. The van der Waals surface area contributed by atoms with Gasteiger partial charge in [0.25, 0.3) is 0 Å². The van der Waals surface area contributed by atoms with Crippen LogP contribution >= 0.6 is 0 Å². The van der Waals surface area contributed by atoms with E-state index < -0.39 is 0 Å². The standard InChI is InChI=1S/C13H25N3/c1-3-13(4-8-14)15-9-5-12-6-10-16(2)11-7-12/h12-13,15H,3-7,9-11H2,1-2H3. The van der Waals surface area contributed by atoms with E-state index >= 15 is 0 Å². The fourth-order valence-corrected chi connectivity index (χ4v) is 2.31. The van der Waals surface area contributed by atoms with Gasteiger partial charge in [-0.15, -0.1) is 0 Å². The summed E-state index contributed by atoms with van der Waals surface area (Å²) >= 11 is 0. The zero-order valence-electron chi connectivity index (χ0n) is 10.7. The molecule has 0 aromatic carbocycles. The molecule has 3 heteroatoms. The van der Waals surface area contributed by atoms with Crippen LogP contribution in [-0.4, -0.2) is 37.6 Å². The third kappa shape index (κ3) is 4.96. The van der Waals surface area contributed by atoms with Gasteiger partial charge in [0.05, 0.1) is 12.5 Å². The van der Waals surface area contributed by atoms with Crippen molar-refractivity contribution in [2.45, 2.75) is 45.1 Å². The zero-order valence-corrected chi connectivity index (χ0v) is 10.7. The van der Waals surface area contributed by atoms with Gasteiger partial charge in [-0.25, -0.2) is 0 Å². The highest BCUT2D eigenvalue weighted by Crippen LogP contribution is 2.18. The first kappa shape index (κ1) is 13.5. The van der Waals surface area contributed by atoms with Crippen LogP contribution in [0.4, 0.5) is 0 Å². The smallest absolute Gasteiger partial charge is 0.0638 e. The molecule has 0 radical (unpaired) electrons. The van der Waals surface area contributed by atoms with Crippen LogP contribution < -0.4 is 5.32 Å². The fraction of sp³-hybridized carbons (Fsp3) is 0.923. The Morgan fingerprint density at radius 1 is 1.44 bits per heavy atom. The Kier molecular flexibility index (Phi) is 6.44. The second-order valence-electron chi connectivity index (χ2n) is 4.96. The Bertz CT molecular complexity index is 214. The van der Waals surface area contributed by atoms with Gasteiger partial charge in [0.1, 0.15) is 0 Å². The lowest BCUT2D eigenvalue weighted by Gasteiger charge is -2.29. The maximum absolute atomic E-state index is 8.65. The topological polar surface area (TPSA) is 39.1 Å². The van der Waals surface area contributed by atoms with Gasteiger partial charge in [-0.1, -0.05) is 6.92 Å². The number of nitrogens with zero attached hydrogens (tertiary/aromatic N) is 2. The maximum Gasteiger partial charge on any atom is 0.0638 e. The second kappa shape index (κ2) is 7.65. The fourth-order valence-electron chi connectivity index (χ4n) is 2.31. The van der Waals surface area contributed by atoms with Gasteiger partial charge in [-0.05, 0) is 58.3 Å². The van der Waals surface area contributed by atoms with Gasteiger partial charge in [0.15, 0.2) is 0 Å². The molecule has 0 spiro atoms. The normalized spacial score (nSPS) is 20.6. The van der Waals surface area contributed by atoms with Crippen molar-refractivity contribution >= 4 is 0 Å². The van der Waals surface area contributed by atoms with E-state index in [0.717, 1.165) is 18.9 Å². The first-order valence-corrected chi connectivity index (χ1v) is 6.55. The average Bonchev–Trinajstić information content (AvgIpc) is 2.30. The van der Waals surface area contributed by atoms with Gasteiger partial charge in [0.2, 0.25) is 0 Å². The third-order valence-electron chi connectivity index (χ3n) is 3.65. The predicted octanol–water partition coefficient (Wildman–Crippen LogP) is 2.00. The van der Waals surface area contributed by atoms with Gasteiger partial charge < -0.3 is 10.2 Å². The van der Waals surface area contributed by atoms with E-state index in [1.165, 1.54) is 32.4 Å². The van der Waals surface area contributed by atoms with Crippen LogP contribution in [0.5, 0.6) is 0 Å². The number of likely N-dealkylation sites (tertiary alicyclic amines) is 1. The highest BCUT2D eigenvalue weighted by molar-refractivity contribution is 4.80. The van der Waals surface area contributed by atoms with E-state index in [4.69, 9.17) is 5.26 Å². The van der Waals surface area contributed by atoms with Crippen molar-refractivity contribution in [1.82, 2.24) is 10.2 Å². The van der Waals surface area contributed by atoms with Crippen molar-refractivity contribution < 1.29 is 0 Å². The van der Waals surface area contributed by atoms with Crippen molar-refractivity contribution in [3.63, 3.8) is 0 Å². The third-order valence-corrected chi connectivity index (χ3v) is 3.65. The lowest BCUT2D eigenvalue weighted by molar-refractivity contribution is 0.210. The van der Waals surface area contributed by atoms with Gasteiger partial charge in [0, 0.05) is 6.04 Å². The number of nitrogens with one attached hydrogen (secondary N) is 1. The molecule has 1 aliphatic rings. The highest BCUT2D eigenvalue weighted by Gasteiger charge is 2.16. The van der Waals surface area contributed by atoms with E-state index in [1.807, 2.05) is 0 Å². The molecular formula is C13H25N3. The van der Waals surface area contributed by atoms with Crippen LogP contribution in [-0.2, 0) is 0 Å². The first-order valence-electron chi connectivity index (χ1n) is 6.55. The minimum atomic E-state index is 0.399. The Hall–Kier alpha value is -0.590. The minimum absolute atomic E-state index is 0.399. The van der Waals surface area contributed by atoms with Gasteiger partial charge in [-0.3, -0.25) is 0 Å². The Balaban J connectivity index is 2.08. The van der Waals surface area contributed by atoms with E-state index in [2.05, 4.69) is 30.3 Å². The molecule has 1 aliphatic heterocycles. The van der Waals surface area contributed by atoms with Crippen LogP contribution in [0, 0.1) is 17.2 Å². The molecule has 0 saturated carbocycles. The number of hydrogen-bond donors (Lipinski definition) is 1. The lowest BCUT2D eigenvalue weighted by Crippen LogP contribution is -2.34. The number of hydrogen-bond acceptors (Lipinski definition) is 3. The molecular weight excluding hydrogens is 198 g/mol. The van der Waals surface area contributed by atoms with Crippen molar-refractivity contribution in [1.29, 1.82) is 5.26 Å². The maximum atomic E-state index is 8.65. The van der Waals surface area contributed by atoms with Crippen LogP contribution in [0.2, 0.25) is 0 Å². The van der Waals surface area contributed by atoms with Crippen molar-refractivity contribution in [3.05, 3.63) is 0 Å². The van der Waals surface area contributed by atoms with Gasteiger partial charge >= 0.3 is 0 Å². The molecule has 1 rings (SSSR count). The second-order valence-corrected chi connectivity index (χ2v) is 4.96. The zero-order chi connectivity index (χ0) is 11.8. The largest absolute Gasteiger partial charge is 0.313 e. The quantitative estimate of drug-likeness (QED) is 0.748. The summed E-state index contributed by atoms with van der Waals surface area (Å²) in [4.78, 5) is 2.41. The molecule has 92 valence electrons. The lowest BCUT2D eigenvalue weighted by atomic mass is 9.94. The Labute approximate surface area is 99.8 Å². The summed E-state index contributed by atoms with van der Waals surface area (Å²) in [5, 5.41) is 12.1. The highest BCUT2D eigenvalue weighted by atomic mass is 15.1. The van der Waals surface area contributed by atoms with E-state index in [-0.39, 0.29) is 0 Å². The molecule has 0 aliphatic carbocycles. The van der Waals surface area contributed by atoms with E-state index in [1.54, 1.807) is 0 Å². The molecule has 1 heterocycles. The molecule has 0 amide bonds. The Morgan fingerprint density at radius 2 is 2.12 bits per heavy atom. The average molecular weight is 223 g/mol. The van der Waals surface area contributed by atoms with E-state index in [9.17, 15) is 0 Å². The van der Waals surface area contributed by atoms with Crippen molar-refractivity contribution in [2.75, 3.05) is 26.7 Å². The van der Waals surface area contributed by atoms with Crippen LogP contribution in [0.1, 0.15) is 39.0 Å². The molecule has 1 fully saturated rings. The van der Waals surface area contributed by atoms with Crippen LogP contribution in [0.3, 0.4) is 0 Å². The summed E-state index contributed by atoms with van der Waals surface area (Å²) in [5.41, 5.74) is 0. The number of piperidine rings is 1. The number of nitriles is 1. The molecule has 1 saturated heterocycles. The van der Waals surface area contributed by atoms with Crippen molar-refractivity contribution in [2.24, 2.45) is 5.92 Å². The van der Waals surface area contributed by atoms with Crippen molar-refractivity contribution in [3.8, 4) is 6.07 Å². The first-order chi connectivity index (χ1) is 7.76. The summed E-state index contributed by atoms with van der Waals surface area (Å²) in [6, 6.07) is 2.64. The van der Waals surface area contributed by atoms with Crippen LogP contribution in [0.25, 0.3) is 0 Å². The molecule has 1 unspecified atom stereocenters. The number of rotatable bonds is 6. The van der Waals surface area contributed by atoms with Crippen LogP contribution in [0.15, 0.2) is 0 Å². The Morgan fingerprint density at radius 3 is 2.69 bits per heavy atom. The van der Waals surface area contributed by atoms with Gasteiger partial charge in [-0.2, -0.15) is 5.26 Å². The minimum Gasteiger partial charge on any atom is -0.313 e. The summed E-state index contributed by atoms with van der Waals surface area (Å²) in [7, 11) is 2.20. The SMILES string of the molecule is CCC(CC#N)NCCC1CCN(C)CC1. The molecule has 3 nitrogen and oxygen atoms in total. The summed E-state index contributed by atoms with van der Waals surface area (Å²) < 4.78 is 0.